The first-order chi connectivity index (χ1) is 16.2. The summed E-state index contributed by atoms with van der Waals surface area (Å²) in [6.45, 7) is 1.88. The van der Waals surface area contributed by atoms with E-state index >= 15 is 0 Å². The number of benzene rings is 2. The van der Waals surface area contributed by atoms with Crippen LogP contribution < -0.4 is 10.6 Å². The standard InChI is InChI=1S/C23H27N3O6S2/c1-2-8-17(20(27)22-25-16-11-6-7-12-19(16)33-22)24-21(28)18(26-23(29)30)14-34(31,32)13-15-9-4-3-5-10-15/h3-7,9-12,17-18,20,26-27H,2,8,13-14H2,1H3,(H,24,28)(H,29,30)/t17?,18-,20?/m0/s1. The summed E-state index contributed by atoms with van der Waals surface area (Å²) < 4.78 is 26.3. The minimum absolute atomic E-state index is 0.328. The average molecular weight is 506 g/mol. The second-order valence-electron chi connectivity index (χ2n) is 7.91. The molecule has 0 fully saturated rings. The van der Waals surface area contributed by atoms with Crippen LogP contribution in [0.5, 0.6) is 0 Å². The van der Waals surface area contributed by atoms with E-state index in [1.807, 2.05) is 36.5 Å². The third kappa shape index (κ3) is 6.99. The van der Waals surface area contributed by atoms with Crippen molar-refractivity contribution in [1.82, 2.24) is 15.6 Å². The van der Waals surface area contributed by atoms with E-state index in [0.717, 1.165) is 10.2 Å². The van der Waals surface area contributed by atoms with Crippen molar-refractivity contribution in [2.24, 2.45) is 0 Å². The fourth-order valence-corrected chi connectivity index (χ4v) is 6.14. The maximum absolute atomic E-state index is 13.0. The molecule has 4 N–H and O–H groups in total. The highest BCUT2D eigenvalue weighted by molar-refractivity contribution is 7.90. The van der Waals surface area contributed by atoms with Gasteiger partial charge in [-0.1, -0.05) is 55.8 Å². The highest BCUT2D eigenvalue weighted by Crippen LogP contribution is 2.29. The van der Waals surface area contributed by atoms with Gasteiger partial charge in [0.05, 0.1) is 27.8 Å². The third-order valence-electron chi connectivity index (χ3n) is 5.14. The Kier molecular flexibility index (Phi) is 8.59. The Balaban J connectivity index is 1.76. The van der Waals surface area contributed by atoms with E-state index in [4.69, 9.17) is 0 Å². The van der Waals surface area contributed by atoms with Gasteiger partial charge in [-0.3, -0.25) is 4.79 Å². The van der Waals surface area contributed by atoms with Crippen LogP contribution in [0.3, 0.4) is 0 Å². The minimum atomic E-state index is -3.82. The van der Waals surface area contributed by atoms with Gasteiger partial charge in [0.1, 0.15) is 17.2 Å². The number of hydrogen-bond acceptors (Lipinski definition) is 7. The summed E-state index contributed by atoms with van der Waals surface area (Å²) in [6.07, 6.45) is -1.64. The van der Waals surface area contributed by atoms with Crippen molar-refractivity contribution in [3.05, 3.63) is 65.2 Å². The van der Waals surface area contributed by atoms with Gasteiger partial charge in [-0.05, 0) is 24.1 Å². The normalized spacial score (nSPS) is 14.3. The van der Waals surface area contributed by atoms with Gasteiger partial charge in [-0.15, -0.1) is 11.3 Å². The lowest BCUT2D eigenvalue weighted by Crippen LogP contribution is -2.53. The number of amides is 2. The summed E-state index contributed by atoms with van der Waals surface area (Å²) in [6, 6.07) is 13.5. The van der Waals surface area contributed by atoms with Crippen LogP contribution in [0.1, 0.15) is 36.4 Å². The number of para-hydroxylation sites is 1. The molecule has 3 atom stereocenters. The van der Waals surface area contributed by atoms with Crippen molar-refractivity contribution < 1.29 is 28.2 Å². The minimum Gasteiger partial charge on any atom is -0.465 e. The predicted octanol–water partition coefficient (Wildman–Crippen LogP) is 2.87. The van der Waals surface area contributed by atoms with Crippen LogP contribution in [0.2, 0.25) is 0 Å². The van der Waals surface area contributed by atoms with Crippen LogP contribution in [0, 0.1) is 0 Å². The zero-order valence-corrected chi connectivity index (χ0v) is 20.2. The number of carbonyl (C=O) groups excluding carboxylic acids is 1. The van der Waals surface area contributed by atoms with Gasteiger partial charge >= 0.3 is 6.09 Å². The smallest absolute Gasteiger partial charge is 0.405 e. The van der Waals surface area contributed by atoms with E-state index in [1.165, 1.54) is 11.3 Å². The van der Waals surface area contributed by atoms with E-state index in [1.54, 1.807) is 30.3 Å². The van der Waals surface area contributed by atoms with Crippen LogP contribution in [0.25, 0.3) is 10.2 Å². The number of nitrogens with zero attached hydrogens (tertiary/aromatic N) is 1. The molecule has 0 aliphatic rings. The van der Waals surface area contributed by atoms with Crippen molar-refractivity contribution in [3.63, 3.8) is 0 Å². The molecule has 2 amide bonds. The number of rotatable bonds is 11. The molecule has 0 saturated heterocycles. The van der Waals surface area contributed by atoms with E-state index in [-0.39, 0.29) is 5.75 Å². The molecular formula is C23H27N3O6S2. The second kappa shape index (κ2) is 11.4. The maximum Gasteiger partial charge on any atom is 0.405 e. The lowest BCUT2D eigenvalue weighted by molar-refractivity contribution is -0.124. The number of thiazole rings is 1. The number of aromatic nitrogens is 1. The van der Waals surface area contributed by atoms with Gasteiger partial charge in [0, 0.05) is 0 Å². The van der Waals surface area contributed by atoms with Gasteiger partial charge in [0.25, 0.3) is 0 Å². The second-order valence-corrected chi connectivity index (χ2v) is 11.1. The molecule has 1 heterocycles. The molecule has 0 saturated carbocycles. The molecule has 0 aliphatic carbocycles. The van der Waals surface area contributed by atoms with Crippen molar-refractivity contribution in [3.8, 4) is 0 Å². The van der Waals surface area contributed by atoms with E-state index in [9.17, 15) is 28.2 Å². The first-order valence-electron chi connectivity index (χ1n) is 10.8. The van der Waals surface area contributed by atoms with Gasteiger partial charge in [0.2, 0.25) is 5.91 Å². The summed E-state index contributed by atoms with van der Waals surface area (Å²) in [4.78, 5) is 28.7. The van der Waals surface area contributed by atoms with E-state index in [0.29, 0.717) is 23.4 Å². The van der Waals surface area contributed by atoms with Crippen LogP contribution in [-0.2, 0) is 20.4 Å². The number of nitrogens with one attached hydrogen (secondary N) is 2. The number of hydrogen-bond donors (Lipinski definition) is 4. The molecule has 0 spiro atoms. The highest BCUT2D eigenvalue weighted by atomic mass is 32.2. The Morgan fingerprint density at radius 2 is 1.74 bits per heavy atom. The number of aliphatic hydroxyl groups excluding tert-OH is 1. The van der Waals surface area contributed by atoms with Crippen LogP contribution in [0.15, 0.2) is 54.6 Å². The maximum atomic E-state index is 13.0. The van der Waals surface area contributed by atoms with E-state index in [2.05, 4.69) is 10.3 Å². The molecule has 2 unspecified atom stereocenters. The van der Waals surface area contributed by atoms with Crippen molar-refractivity contribution in [1.29, 1.82) is 0 Å². The predicted molar refractivity (Wildman–Crippen MR) is 130 cm³/mol. The Morgan fingerprint density at radius 3 is 2.38 bits per heavy atom. The summed E-state index contributed by atoms with van der Waals surface area (Å²) in [5.41, 5.74) is 1.26. The molecule has 3 aromatic rings. The van der Waals surface area contributed by atoms with Gasteiger partial charge in [0.15, 0.2) is 9.84 Å². The molecule has 0 aliphatic heterocycles. The lowest BCUT2D eigenvalue weighted by Gasteiger charge is -2.25. The van der Waals surface area contributed by atoms with Crippen LogP contribution in [0.4, 0.5) is 4.79 Å². The molecule has 34 heavy (non-hydrogen) atoms. The number of aliphatic hydroxyl groups is 1. The summed E-state index contributed by atoms with van der Waals surface area (Å²) in [5, 5.41) is 25.2. The first kappa shape index (κ1) is 25.6. The van der Waals surface area contributed by atoms with Gasteiger partial charge < -0.3 is 20.8 Å². The SMILES string of the molecule is CCCC(NC(=O)[C@H](CS(=O)(=O)Cc1ccccc1)NC(=O)O)C(O)c1nc2ccccc2s1. The molecule has 182 valence electrons. The topological polar surface area (TPSA) is 146 Å². The monoisotopic (exact) mass is 505 g/mol. The van der Waals surface area contributed by atoms with Gasteiger partial charge in [-0.25, -0.2) is 18.2 Å². The lowest BCUT2D eigenvalue weighted by atomic mass is 10.1. The van der Waals surface area contributed by atoms with Crippen molar-refractivity contribution >= 4 is 43.4 Å². The van der Waals surface area contributed by atoms with Crippen molar-refractivity contribution in [2.45, 2.75) is 43.7 Å². The Morgan fingerprint density at radius 1 is 1.06 bits per heavy atom. The van der Waals surface area contributed by atoms with Crippen molar-refractivity contribution in [2.75, 3.05) is 5.75 Å². The molecule has 0 bridgehead atoms. The molecule has 1 aromatic heterocycles. The number of sulfone groups is 1. The fourth-order valence-electron chi connectivity index (χ4n) is 3.56. The average Bonchev–Trinajstić information content (AvgIpc) is 3.22. The summed E-state index contributed by atoms with van der Waals surface area (Å²) in [5.74, 6) is -1.86. The van der Waals surface area contributed by atoms with Crippen LogP contribution in [-0.4, -0.2) is 53.5 Å². The fraction of sp³-hybridized carbons (Fsp3) is 0.348. The first-order valence-corrected chi connectivity index (χ1v) is 13.4. The molecule has 0 radical (unpaired) electrons. The summed E-state index contributed by atoms with van der Waals surface area (Å²) >= 11 is 1.30. The Hall–Kier alpha value is -3.02. The van der Waals surface area contributed by atoms with E-state index < -0.39 is 45.8 Å². The third-order valence-corrected chi connectivity index (χ3v) is 7.86. The zero-order valence-electron chi connectivity index (χ0n) is 18.5. The number of carbonyl (C=O) groups is 2. The molecule has 9 nitrogen and oxygen atoms in total. The Labute approximate surface area is 201 Å². The molecule has 11 heteroatoms. The zero-order chi connectivity index (χ0) is 24.7. The molecule has 2 aromatic carbocycles. The summed E-state index contributed by atoms with van der Waals surface area (Å²) in [7, 11) is -3.82. The quantitative estimate of drug-likeness (QED) is 0.313. The number of fused-ring (bicyclic) bond motifs is 1. The largest absolute Gasteiger partial charge is 0.465 e. The highest BCUT2D eigenvalue weighted by Gasteiger charge is 2.31. The van der Waals surface area contributed by atoms with Gasteiger partial charge in [-0.2, -0.15) is 0 Å². The number of carboxylic acid groups (broad SMARTS) is 1. The van der Waals surface area contributed by atoms with Crippen LogP contribution >= 0.6 is 11.3 Å². The Bertz CT molecular complexity index is 1200. The molecular weight excluding hydrogens is 478 g/mol. The molecule has 3 rings (SSSR count).